The Hall–Kier alpha value is -3.81. The van der Waals surface area contributed by atoms with Gasteiger partial charge in [0.05, 0.1) is 25.5 Å². The summed E-state index contributed by atoms with van der Waals surface area (Å²) in [6.45, 7) is 0. The number of hydrogen-bond acceptors (Lipinski definition) is 5. The summed E-state index contributed by atoms with van der Waals surface area (Å²) in [4.78, 5) is 25.5. The summed E-state index contributed by atoms with van der Waals surface area (Å²) in [5.41, 5.74) is 5.70. The van der Waals surface area contributed by atoms with E-state index in [1.54, 1.807) is 42.5 Å². The van der Waals surface area contributed by atoms with Crippen LogP contribution in [0.5, 0.6) is 11.5 Å². The Bertz CT molecular complexity index is 1100. The van der Waals surface area contributed by atoms with Crippen LogP contribution in [0.3, 0.4) is 0 Å². The summed E-state index contributed by atoms with van der Waals surface area (Å²) in [5.74, 6) is -0.0877. The van der Waals surface area contributed by atoms with E-state index >= 15 is 0 Å². The van der Waals surface area contributed by atoms with Crippen LogP contribution in [0.1, 0.15) is 10.4 Å². The Morgan fingerprint density at radius 3 is 2.37 bits per heavy atom. The number of guanidine groups is 1. The van der Waals surface area contributed by atoms with E-state index < -0.39 is 11.9 Å². The number of methoxy groups -OCH3 is 2. The van der Waals surface area contributed by atoms with Gasteiger partial charge in [-0.15, -0.1) is 0 Å². The summed E-state index contributed by atoms with van der Waals surface area (Å²) in [6, 6.07) is 11.8. The zero-order valence-electron chi connectivity index (χ0n) is 14.8. The van der Waals surface area contributed by atoms with Gasteiger partial charge in [0.15, 0.2) is 17.5 Å². The zero-order chi connectivity index (χ0) is 19.6. The quantitative estimate of drug-likeness (QED) is 0.479. The maximum Gasteiger partial charge on any atom is 0.262 e. The van der Waals surface area contributed by atoms with E-state index in [0.29, 0.717) is 28.0 Å². The number of carbonyl (C=O) groups is 1. The van der Waals surface area contributed by atoms with Gasteiger partial charge in [-0.05, 0) is 18.2 Å². The molecule has 1 aromatic heterocycles. The average molecular weight is 366 g/mol. The van der Waals surface area contributed by atoms with Crippen molar-refractivity contribution in [3.8, 4) is 17.2 Å². The number of ether oxygens (including phenoxy) is 2. The molecule has 3 aromatic rings. The first-order chi connectivity index (χ1) is 13.0. The molecule has 8 nitrogen and oxygen atoms in total. The molecule has 0 spiro atoms. The van der Waals surface area contributed by atoms with Gasteiger partial charge in [-0.3, -0.25) is 24.9 Å². The van der Waals surface area contributed by atoms with Crippen LogP contribution in [0, 0.1) is 5.41 Å². The highest BCUT2D eigenvalue weighted by molar-refractivity contribution is 6.11. The molecule has 0 aliphatic rings. The van der Waals surface area contributed by atoms with Crippen LogP contribution in [0.25, 0.3) is 16.5 Å². The second-order valence-electron chi connectivity index (χ2n) is 5.67. The summed E-state index contributed by atoms with van der Waals surface area (Å²) >= 11 is 0. The second kappa shape index (κ2) is 7.20. The number of rotatable bonds is 4. The molecular weight excluding hydrogens is 348 g/mol. The topological polar surface area (TPSA) is 119 Å². The predicted octanol–water partition coefficient (Wildman–Crippen LogP) is 1.63. The minimum absolute atomic E-state index is 0.218. The summed E-state index contributed by atoms with van der Waals surface area (Å²) in [5, 5.41) is 10.4. The number of fused-ring (bicyclic) bond motifs is 1. The van der Waals surface area contributed by atoms with E-state index in [1.165, 1.54) is 25.0 Å². The molecule has 27 heavy (non-hydrogen) atoms. The number of benzene rings is 2. The lowest BCUT2D eigenvalue weighted by Crippen LogP contribution is -2.36. The van der Waals surface area contributed by atoms with E-state index in [1.807, 2.05) is 0 Å². The number of pyridine rings is 1. The molecule has 0 saturated carbocycles. The van der Waals surface area contributed by atoms with Crippen molar-refractivity contribution in [3.63, 3.8) is 0 Å². The molecule has 4 N–H and O–H groups in total. The number of amides is 1. The zero-order valence-corrected chi connectivity index (χ0v) is 14.8. The van der Waals surface area contributed by atoms with Gasteiger partial charge in [-0.1, -0.05) is 18.2 Å². The average Bonchev–Trinajstić information content (AvgIpc) is 2.67. The Morgan fingerprint density at radius 1 is 1.07 bits per heavy atom. The Labute approximate surface area is 154 Å². The van der Waals surface area contributed by atoms with Gasteiger partial charge in [-0.25, -0.2) is 0 Å². The third-order valence-corrected chi connectivity index (χ3v) is 4.06. The number of nitrogens with one attached hydrogen (secondary N) is 2. The number of carbonyl (C=O) groups excluding carboxylic acids is 1. The standard InChI is InChI=1S/C19H18N4O4/c1-26-15-8-7-11(9-16(15)27-2)23-10-14(17(24)22-19(20)21)12-5-3-4-6-13(12)18(23)25/h3-10H,1-2H3,(H4,20,21,22,24). The van der Waals surface area contributed by atoms with Gasteiger partial charge >= 0.3 is 0 Å². The summed E-state index contributed by atoms with van der Waals surface area (Å²) in [7, 11) is 3.01. The van der Waals surface area contributed by atoms with E-state index in [0.717, 1.165) is 0 Å². The van der Waals surface area contributed by atoms with Gasteiger partial charge in [0, 0.05) is 23.0 Å². The van der Waals surface area contributed by atoms with Gasteiger partial charge in [0.25, 0.3) is 11.5 Å². The second-order valence-corrected chi connectivity index (χ2v) is 5.67. The number of nitrogens with two attached hydrogens (primary N) is 1. The monoisotopic (exact) mass is 366 g/mol. The third kappa shape index (κ3) is 3.32. The molecule has 1 amide bonds. The molecule has 0 aliphatic heterocycles. The predicted molar refractivity (Wildman–Crippen MR) is 102 cm³/mol. The molecule has 138 valence electrons. The maximum atomic E-state index is 13.0. The summed E-state index contributed by atoms with van der Waals surface area (Å²) < 4.78 is 11.9. The molecule has 0 fully saturated rings. The molecule has 8 heteroatoms. The third-order valence-electron chi connectivity index (χ3n) is 4.06. The van der Waals surface area contributed by atoms with Crippen molar-refractivity contribution in [2.45, 2.75) is 0 Å². The van der Waals surface area contributed by atoms with E-state index in [-0.39, 0.29) is 11.1 Å². The molecule has 2 aromatic carbocycles. The highest BCUT2D eigenvalue weighted by atomic mass is 16.5. The van der Waals surface area contributed by atoms with Gasteiger partial charge < -0.3 is 15.2 Å². The van der Waals surface area contributed by atoms with Crippen molar-refractivity contribution in [1.29, 1.82) is 5.41 Å². The van der Waals surface area contributed by atoms with E-state index in [2.05, 4.69) is 5.32 Å². The fourth-order valence-electron chi connectivity index (χ4n) is 2.83. The molecule has 0 radical (unpaired) electrons. The molecule has 0 unspecified atom stereocenters. The maximum absolute atomic E-state index is 13.0. The lowest BCUT2D eigenvalue weighted by atomic mass is 10.1. The van der Waals surface area contributed by atoms with Crippen molar-refractivity contribution in [2.24, 2.45) is 5.73 Å². The van der Waals surface area contributed by atoms with Crippen LogP contribution >= 0.6 is 0 Å². The number of nitrogens with zero attached hydrogens (tertiary/aromatic N) is 1. The molecule has 1 heterocycles. The van der Waals surface area contributed by atoms with Crippen molar-refractivity contribution < 1.29 is 14.3 Å². The van der Waals surface area contributed by atoms with Crippen LogP contribution in [-0.4, -0.2) is 30.7 Å². The molecule has 0 bridgehead atoms. The minimum atomic E-state index is -0.576. The first-order valence-corrected chi connectivity index (χ1v) is 7.98. The van der Waals surface area contributed by atoms with E-state index in [4.69, 9.17) is 20.6 Å². The lowest BCUT2D eigenvalue weighted by molar-refractivity contribution is 0.0977. The fourth-order valence-corrected chi connectivity index (χ4v) is 2.83. The smallest absolute Gasteiger partial charge is 0.262 e. The van der Waals surface area contributed by atoms with Crippen molar-refractivity contribution >= 4 is 22.6 Å². The van der Waals surface area contributed by atoms with Crippen LogP contribution in [0.4, 0.5) is 0 Å². The molecule has 0 saturated heterocycles. The highest BCUT2D eigenvalue weighted by Gasteiger charge is 2.17. The Morgan fingerprint density at radius 2 is 1.74 bits per heavy atom. The van der Waals surface area contributed by atoms with Crippen LogP contribution < -0.4 is 26.1 Å². The summed E-state index contributed by atoms with van der Waals surface area (Å²) in [6.07, 6.45) is 1.42. The SMILES string of the molecule is COc1ccc(-n2cc(C(=O)NC(=N)N)c3ccccc3c2=O)cc1OC. The fraction of sp³-hybridized carbons (Fsp3) is 0.105. The van der Waals surface area contributed by atoms with Gasteiger partial charge in [0.1, 0.15) is 0 Å². The van der Waals surface area contributed by atoms with Gasteiger partial charge in [-0.2, -0.15) is 0 Å². The van der Waals surface area contributed by atoms with Crippen LogP contribution in [-0.2, 0) is 0 Å². The molecule has 3 rings (SSSR count). The minimum Gasteiger partial charge on any atom is -0.493 e. The van der Waals surface area contributed by atoms with Gasteiger partial charge in [0.2, 0.25) is 0 Å². The van der Waals surface area contributed by atoms with E-state index in [9.17, 15) is 9.59 Å². The lowest BCUT2D eigenvalue weighted by Gasteiger charge is -2.14. The number of aromatic nitrogens is 1. The molecule has 0 atom stereocenters. The Kier molecular flexibility index (Phi) is 4.80. The number of hydrogen-bond donors (Lipinski definition) is 3. The molecular formula is C19H18N4O4. The highest BCUT2D eigenvalue weighted by Crippen LogP contribution is 2.29. The normalized spacial score (nSPS) is 10.4. The van der Waals surface area contributed by atoms with Crippen molar-refractivity contribution in [3.05, 3.63) is 64.6 Å². The molecule has 0 aliphatic carbocycles. The van der Waals surface area contributed by atoms with Crippen LogP contribution in [0.2, 0.25) is 0 Å². The van der Waals surface area contributed by atoms with Crippen LogP contribution in [0.15, 0.2) is 53.5 Å². The Balaban J connectivity index is 2.28. The first kappa shape index (κ1) is 18.0. The van der Waals surface area contributed by atoms with Crippen molar-refractivity contribution in [2.75, 3.05) is 14.2 Å². The largest absolute Gasteiger partial charge is 0.493 e. The first-order valence-electron chi connectivity index (χ1n) is 7.98. The van der Waals surface area contributed by atoms with Crippen molar-refractivity contribution in [1.82, 2.24) is 9.88 Å².